The summed E-state index contributed by atoms with van der Waals surface area (Å²) in [4.78, 5) is 9.02. The number of benzene rings is 3. The Morgan fingerprint density at radius 2 is 0.938 bits per heavy atom. The summed E-state index contributed by atoms with van der Waals surface area (Å²) in [6, 6.07) is 28.3. The van der Waals surface area contributed by atoms with Crippen molar-refractivity contribution >= 4 is 43.9 Å². The average molecular weight is 412 g/mol. The molecule has 4 heterocycles. The van der Waals surface area contributed by atoms with Crippen molar-refractivity contribution in [3.8, 4) is 22.5 Å². The summed E-state index contributed by atoms with van der Waals surface area (Å²) < 4.78 is 12.4. The minimum atomic E-state index is 0.844. The molecule has 0 N–H and O–H groups in total. The van der Waals surface area contributed by atoms with Crippen LogP contribution in [-0.2, 0) is 0 Å². The molecule has 0 radical (unpaired) electrons. The third kappa shape index (κ3) is 2.50. The maximum atomic E-state index is 6.21. The molecule has 4 heteroatoms. The van der Waals surface area contributed by atoms with Gasteiger partial charge in [-0.1, -0.05) is 12.1 Å². The van der Waals surface area contributed by atoms with Gasteiger partial charge in [0.05, 0.1) is 11.4 Å². The van der Waals surface area contributed by atoms with Crippen molar-refractivity contribution in [2.45, 2.75) is 0 Å². The molecule has 4 aromatic heterocycles. The van der Waals surface area contributed by atoms with E-state index in [1.165, 1.54) is 0 Å². The first-order chi connectivity index (χ1) is 15.8. The predicted octanol–water partition coefficient (Wildman–Crippen LogP) is 7.61. The number of fused-ring (bicyclic) bond motifs is 7. The maximum Gasteiger partial charge on any atom is 0.136 e. The standard InChI is InChI=1S/C28H16N2O2/c1-3-13-29-21(5-1)17-7-9-23-19(15-17)27-25(31-23)11-12-26-28(27)20-16-18(8-10-24(20)32-26)22-6-2-4-14-30-22/h1-16H. The highest BCUT2D eigenvalue weighted by molar-refractivity contribution is 6.26. The molecule has 3 aromatic carbocycles. The van der Waals surface area contributed by atoms with Crippen molar-refractivity contribution in [1.29, 1.82) is 0 Å². The Morgan fingerprint density at radius 1 is 0.469 bits per heavy atom. The Kier molecular flexibility index (Phi) is 3.52. The average Bonchev–Trinajstić information content (AvgIpc) is 3.42. The van der Waals surface area contributed by atoms with Crippen LogP contribution in [0.3, 0.4) is 0 Å². The molecule has 0 saturated heterocycles. The summed E-state index contributed by atoms with van der Waals surface area (Å²) in [5.74, 6) is 0. The van der Waals surface area contributed by atoms with E-state index in [0.717, 1.165) is 66.4 Å². The Hall–Kier alpha value is -4.44. The molecule has 0 aliphatic heterocycles. The van der Waals surface area contributed by atoms with E-state index in [2.05, 4.69) is 34.2 Å². The summed E-state index contributed by atoms with van der Waals surface area (Å²) in [5.41, 5.74) is 7.37. The minimum absolute atomic E-state index is 0.844. The highest BCUT2D eigenvalue weighted by atomic mass is 16.3. The fraction of sp³-hybridized carbons (Fsp3) is 0. The molecule has 0 saturated carbocycles. The van der Waals surface area contributed by atoms with E-state index in [1.807, 2.05) is 73.1 Å². The number of rotatable bonds is 2. The number of hydrogen-bond donors (Lipinski definition) is 0. The smallest absolute Gasteiger partial charge is 0.136 e. The van der Waals surface area contributed by atoms with Gasteiger partial charge in [-0.2, -0.15) is 0 Å². The van der Waals surface area contributed by atoms with E-state index in [0.29, 0.717) is 0 Å². The summed E-state index contributed by atoms with van der Waals surface area (Å²) in [6.45, 7) is 0. The van der Waals surface area contributed by atoms with Gasteiger partial charge < -0.3 is 8.83 Å². The Labute approximate surface area is 182 Å². The second-order valence-corrected chi connectivity index (χ2v) is 7.87. The summed E-state index contributed by atoms with van der Waals surface area (Å²) in [5, 5.41) is 4.23. The molecule has 0 aliphatic rings. The lowest BCUT2D eigenvalue weighted by atomic mass is 10.0. The molecule has 7 aromatic rings. The van der Waals surface area contributed by atoms with Crippen LogP contribution in [-0.4, -0.2) is 9.97 Å². The van der Waals surface area contributed by atoms with Gasteiger partial charge in [-0.25, -0.2) is 0 Å². The van der Waals surface area contributed by atoms with Crippen LogP contribution in [0.1, 0.15) is 0 Å². The van der Waals surface area contributed by atoms with E-state index >= 15 is 0 Å². The molecule has 0 aliphatic carbocycles. The molecule has 0 fully saturated rings. The van der Waals surface area contributed by atoms with Crippen LogP contribution in [0.2, 0.25) is 0 Å². The van der Waals surface area contributed by atoms with Crippen molar-refractivity contribution in [3.05, 3.63) is 97.3 Å². The van der Waals surface area contributed by atoms with E-state index in [9.17, 15) is 0 Å². The largest absolute Gasteiger partial charge is 0.456 e. The highest BCUT2D eigenvalue weighted by Gasteiger charge is 2.17. The number of pyridine rings is 2. The topological polar surface area (TPSA) is 52.1 Å². The SMILES string of the molecule is c1ccc(-c2ccc3oc4ccc5oc6ccc(-c7ccccn7)cc6c5c4c3c2)nc1. The van der Waals surface area contributed by atoms with Gasteiger partial charge in [0.15, 0.2) is 0 Å². The van der Waals surface area contributed by atoms with Crippen molar-refractivity contribution in [1.82, 2.24) is 9.97 Å². The monoisotopic (exact) mass is 412 g/mol. The van der Waals surface area contributed by atoms with Crippen LogP contribution in [0.5, 0.6) is 0 Å². The predicted molar refractivity (Wildman–Crippen MR) is 127 cm³/mol. The van der Waals surface area contributed by atoms with Crippen LogP contribution in [0.4, 0.5) is 0 Å². The van der Waals surface area contributed by atoms with Crippen molar-refractivity contribution in [2.24, 2.45) is 0 Å². The molecule has 0 bridgehead atoms. The molecule has 32 heavy (non-hydrogen) atoms. The van der Waals surface area contributed by atoms with Crippen LogP contribution in [0.15, 0.2) is 106 Å². The lowest BCUT2D eigenvalue weighted by Crippen LogP contribution is -1.82. The van der Waals surface area contributed by atoms with Gasteiger partial charge in [-0.15, -0.1) is 0 Å². The van der Waals surface area contributed by atoms with Crippen LogP contribution in [0.25, 0.3) is 66.4 Å². The van der Waals surface area contributed by atoms with Gasteiger partial charge in [-0.3, -0.25) is 9.97 Å². The lowest BCUT2D eigenvalue weighted by molar-refractivity contribution is 0.663. The molecule has 4 nitrogen and oxygen atoms in total. The minimum Gasteiger partial charge on any atom is -0.456 e. The number of hydrogen-bond acceptors (Lipinski definition) is 4. The van der Waals surface area contributed by atoms with Gasteiger partial charge >= 0.3 is 0 Å². The van der Waals surface area contributed by atoms with Crippen LogP contribution < -0.4 is 0 Å². The summed E-state index contributed by atoms with van der Waals surface area (Å²) in [6.07, 6.45) is 3.63. The Balaban J connectivity index is 1.57. The lowest BCUT2D eigenvalue weighted by Gasteiger charge is -2.01. The van der Waals surface area contributed by atoms with Gasteiger partial charge in [0, 0.05) is 45.1 Å². The van der Waals surface area contributed by atoms with Crippen LogP contribution in [0, 0.1) is 0 Å². The fourth-order valence-electron chi connectivity index (χ4n) is 4.52. The quantitative estimate of drug-likeness (QED) is 0.293. The zero-order valence-corrected chi connectivity index (χ0v) is 16.9. The van der Waals surface area contributed by atoms with Gasteiger partial charge in [0.1, 0.15) is 22.3 Å². The zero-order valence-electron chi connectivity index (χ0n) is 16.9. The Bertz CT molecular complexity index is 1630. The normalized spacial score (nSPS) is 11.8. The second-order valence-electron chi connectivity index (χ2n) is 7.87. The third-order valence-corrected chi connectivity index (χ3v) is 5.99. The van der Waals surface area contributed by atoms with Gasteiger partial charge in [0.2, 0.25) is 0 Å². The van der Waals surface area contributed by atoms with Crippen molar-refractivity contribution in [2.75, 3.05) is 0 Å². The number of furan rings is 2. The first-order valence-electron chi connectivity index (χ1n) is 10.5. The first-order valence-corrected chi connectivity index (χ1v) is 10.5. The van der Waals surface area contributed by atoms with E-state index in [1.54, 1.807) is 0 Å². The second kappa shape index (κ2) is 6.53. The summed E-state index contributed by atoms with van der Waals surface area (Å²) in [7, 11) is 0. The van der Waals surface area contributed by atoms with Gasteiger partial charge in [-0.05, 0) is 72.8 Å². The molecule has 0 spiro atoms. The number of nitrogens with zero attached hydrogens (tertiary/aromatic N) is 2. The van der Waals surface area contributed by atoms with E-state index in [4.69, 9.17) is 8.83 Å². The summed E-state index contributed by atoms with van der Waals surface area (Å²) >= 11 is 0. The van der Waals surface area contributed by atoms with E-state index < -0.39 is 0 Å². The molecule has 0 atom stereocenters. The molecular formula is C28H16N2O2. The maximum absolute atomic E-state index is 6.21. The highest BCUT2D eigenvalue weighted by Crippen LogP contribution is 2.41. The molecule has 0 unspecified atom stereocenters. The first kappa shape index (κ1) is 17.3. The van der Waals surface area contributed by atoms with Crippen molar-refractivity contribution < 1.29 is 8.83 Å². The van der Waals surface area contributed by atoms with Crippen molar-refractivity contribution in [3.63, 3.8) is 0 Å². The molecule has 0 amide bonds. The fourth-order valence-corrected chi connectivity index (χ4v) is 4.52. The molecule has 7 rings (SSSR count). The van der Waals surface area contributed by atoms with E-state index in [-0.39, 0.29) is 0 Å². The number of aromatic nitrogens is 2. The van der Waals surface area contributed by atoms with Crippen LogP contribution >= 0.6 is 0 Å². The Morgan fingerprint density at radius 3 is 1.38 bits per heavy atom. The molecule has 150 valence electrons. The molecular weight excluding hydrogens is 396 g/mol. The van der Waals surface area contributed by atoms with Gasteiger partial charge in [0.25, 0.3) is 0 Å². The third-order valence-electron chi connectivity index (χ3n) is 5.99. The zero-order chi connectivity index (χ0) is 21.1.